The zero-order chi connectivity index (χ0) is 16.0. The Morgan fingerprint density at radius 2 is 2.00 bits per heavy atom. The van der Waals surface area contributed by atoms with Gasteiger partial charge >= 0.3 is 5.97 Å². The second-order valence-electron chi connectivity index (χ2n) is 4.96. The number of carbonyl (C=O) groups excluding carboxylic acids is 1. The van der Waals surface area contributed by atoms with Gasteiger partial charge in [0.1, 0.15) is 6.04 Å². The van der Waals surface area contributed by atoms with Crippen molar-refractivity contribution in [3.8, 4) is 0 Å². The molecule has 5 nitrogen and oxygen atoms in total. The molecule has 116 valence electrons. The summed E-state index contributed by atoms with van der Waals surface area (Å²) >= 11 is 2.78. The summed E-state index contributed by atoms with van der Waals surface area (Å²) in [5.41, 5.74) is 6.38. The topological polar surface area (TPSA) is 92.4 Å². The van der Waals surface area contributed by atoms with Gasteiger partial charge in [-0.05, 0) is 32.2 Å². The zero-order valence-corrected chi connectivity index (χ0v) is 13.9. The SMILES string of the molecule is CSc1ccccc1NC(=O)CSC(C)(C)[C@@H](N)C(=O)O. The Morgan fingerprint density at radius 1 is 1.38 bits per heavy atom. The molecule has 0 unspecified atom stereocenters. The number of aliphatic carboxylic acids is 1. The molecule has 1 rings (SSSR count). The number of nitrogens with one attached hydrogen (secondary N) is 1. The van der Waals surface area contributed by atoms with Crippen LogP contribution in [0.25, 0.3) is 0 Å². The minimum atomic E-state index is -1.07. The van der Waals surface area contributed by atoms with E-state index in [1.54, 1.807) is 25.6 Å². The fraction of sp³-hybridized carbons (Fsp3) is 0.429. The van der Waals surface area contributed by atoms with Crippen molar-refractivity contribution in [1.82, 2.24) is 0 Å². The number of benzene rings is 1. The van der Waals surface area contributed by atoms with Crippen molar-refractivity contribution in [2.24, 2.45) is 5.73 Å². The van der Waals surface area contributed by atoms with Gasteiger partial charge in [0.15, 0.2) is 0 Å². The van der Waals surface area contributed by atoms with Crippen molar-refractivity contribution in [1.29, 1.82) is 0 Å². The third-order valence-electron chi connectivity index (χ3n) is 2.97. The molecule has 1 aromatic rings. The number of rotatable bonds is 7. The van der Waals surface area contributed by atoms with E-state index in [1.807, 2.05) is 30.5 Å². The molecule has 1 atom stereocenters. The number of hydrogen-bond donors (Lipinski definition) is 3. The number of para-hydroxylation sites is 1. The maximum atomic E-state index is 12.0. The van der Waals surface area contributed by atoms with Gasteiger partial charge in [0.25, 0.3) is 0 Å². The number of thioether (sulfide) groups is 2. The van der Waals surface area contributed by atoms with Crippen LogP contribution in [0.5, 0.6) is 0 Å². The highest BCUT2D eigenvalue weighted by Crippen LogP contribution is 2.28. The quantitative estimate of drug-likeness (QED) is 0.665. The Hall–Kier alpha value is -1.18. The minimum Gasteiger partial charge on any atom is -0.480 e. The average Bonchev–Trinajstić information content (AvgIpc) is 2.45. The lowest BCUT2D eigenvalue weighted by atomic mass is 10.1. The van der Waals surface area contributed by atoms with Crippen molar-refractivity contribution in [3.05, 3.63) is 24.3 Å². The summed E-state index contributed by atoms with van der Waals surface area (Å²) < 4.78 is -0.720. The Kier molecular flexibility index (Phi) is 6.57. The third-order valence-corrected chi connectivity index (χ3v) is 5.17. The fourth-order valence-corrected chi connectivity index (χ4v) is 2.98. The van der Waals surface area contributed by atoms with Gasteiger partial charge < -0.3 is 16.2 Å². The van der Waals surface area contributed by atoms with E-state index in [9.17, 15) is 9.59 Å². The number of amides is 1. The lowest BCUT2D eigenvalue weighted by Gasteiger charge is -2.27. The van der Waals surface area contributed by atoms with Crippen LogP contribution in [0.15, 0.2) is 29.2 Å². The van der Waals surface area contributed by atoms with Gasteiger partial charge in [-0.2, -0.15) is 0 Å². The van der Waals surface area contributed by atoms with Gasteiger partial charge in [0.2, 0.25) is 5.91 Å². The third kappa shape index (κ3) is 5.26. The molecule has 1 amide bonds. The molecule has 0 aliphatic heterocycles. The summed E-state index contributed by atoms with van der Waals surface area (Å²) in [7, 11) is 0. The normalized spacial score (nSPS) is 12.8. The number of nitrogens with two attached hydrogens (primary N) is 1. The molecule has 0 aliphatic carbocycles. The Balaban J connectivity index is 2.60. The van der Waals surface area contributed by atoms with E-state index in [0.29, 0.717) is 0 Å². The molecule has 4 N–H and O–H groups in total. The van der Waals surface area contributed by atoms with Crippen molar-refractivity contribution >= 4 is 41.1 Å². The summed E-state index contributed by atoms with van der Waals surface area (Å²) in [5.74, 6) is -1.09. The summed E-state index contributed by atoms with van der Waals surface area (Å²) in [5, 5.41) is 11.8. The van der Waals surface area contributed by atoms with Gasteiger partial charge in [-0.3, -0.25) is 9.59 Å². The first-order valence-electron chi connectivity index (χ1n) is 6.33. The zero-order valence-electron chi connectivity index (χ0n) is 12.3. The van der Waals surface area contributed by atoms with Gasteiger partial charge in [-0.25, -0.2) is 0 Å². The first kappa shape index (κ1) is 17.9. The van der Waals surface area contributed by atoms with Crippen LogP contribution in [0.3, 0.4) is 0 Å². The molecule has 21 heavy (non-hydrogen) atoms. The maximum Gasteiger partial charge on any atom is 0.321 e. The molecule has 0 bridgehead atoms. The molecule has 7 heteroatoms. The lowest BCUT2D eigenvalue weighted by molar-refractivity contribution is -0.139. The van der Waals surface area contributed by atoms with Crippen LogP contribution in [0, 0.1) is 0 Å². The second kappa shape index (κ2) is 7.72. The van der Waals surface area contributed by atoms with Crippen molar-refractivity contribution < 1.29 is 14.7 Å². The molecule has 0 aromatic heterocycles. The summed E-state index contributed by atoms with van der Waals surface area (Å²) in [6.45, 7) is 3.44. The van der Waals surface area contributed by atoms with E-state index in [4.69, 9.17) is 10.8 Å². The van der Waals surface area contributed by atoms with E-state index < -0.39 is 16.8 Å². The lowest BCUT2D eigenvalue weighted by Crippen LogP contribution is -2.47. The summed E-state index contributed by atoms with van der Waals surface area (Å²) in [4.78, 5) is 23.9. The summed E-state index contributed by atoms with van der Waals surface area (Å²) in [6, 6.07) is 6.51. The van der Waals surface area contributed by atoms with Crippen LogP contribution >= 0.6 is 23.5 Å². The highest BCUT2D eigenvalue weighted by atomic mass is 32.2. The van der Waals surface area contributed by atoms with E-state index in [-0.39, 0.29) is 11.7 Å². The molecule has 0 fully saturated rings. The monoisotopic (exact) mass is 328 g/mol. The highest BCUT2D eigenvalue weighted by Gasteiger charge is 2.33. The van der Waals surface area contributed by atoms with Gasteiger partial charge in [-0.15, -0.1) is 23.5 Å². The Morgan fingerprint density at radius 3 is 2.57 bits per heavy atom. The number of carboxylic acid groups (broad SMARTS) is 1. The first-order valence-corrected chi connectivity index (χ1v) is 8.54. The van der Waals surface area contributed by atoms with Crippen LogP contribution in [-0.2, 0) is 9.59 Å². The first-order chi connectivity index (χ1) is 9.77. The number of hydrogen-bond acceptors (Lipinski definition) is 5. The van der Waals surface area contributed by atoms with E-state index in [0.717, 1.165) is 10.6 Å². The Labute approximate surface area is 133 Å². The van der Waals surface area contributed by atoms with E-state index >= 15 is 0 Å². The molecule has 0 radical (unpaired) electrons. The number of carbonyl (C=O) groups is 2. The van der Waals surface area contributed by atoms with E-state index in [1.165, 1.54) is 11.8 Å². The highest BCUT2D eigenvalue weighted by molar-refractivity contribution is 8.01. The van der Waals surface area contributed by atoms with Gasteiger partial charge in [0.05, 0.1) is 11.4 Å². The van der Waals surface area contributed by atoms with Gasteiger partial charge in [-0.1, -0.05) is 12.1 Å². The molecule has 0 spiro atoms. The molecule has 0 saturated heterocycles. The van der Waals surface area contributed by atoms with Crippen LogP contribution in [0.1, 0.15) is 13.8 Å². The smallest absolute Gasteiger partial charge is 0.321 e. The largest absolute Gasteiger partial charge is 0.480 e. The van der Waals surface area contributed by atoms with Crippen molar-refractivity contribution in [2.45, 2.75) is 29.5 Å². The van der Waals surface area contributed by atoms with Crippen molar-refractivity contribution in [2.75, 3.05) is 17.3 Å². The minimum absolute atomic E-state index is 0.149. The van der Waals surface area contributed by atoms with Crippen LogP contribution < -0.4 is 11.1 Å². The maximum absolute atomic E-state index is 12.0. The van der Waals surface area contributed by atoms with Crippen LogP contribution in [0.2, 0.25) is 0 Å². The molecule has 0 aliphatic rings. The predicted molar refractivity (Wildman–Crippen MR) is 89.0 cm³/mol. The van der Waals surface area contributed by atoms with Crippen molar-refractivity contribution in [3.63, 3.8) is 0 Å². The second-order valence-corrected chi connectivity index (χ2v) is 7.43. The molecular weight excluding hydrogens is 308 g/mol. The molecular formula is C14H20N2O3S2. The average molecular weight is 328 g/mol. The van der Waals surface area contributed by atoms with Crippen LogP contribution in [0.4, 0.5) is 5.69 Å². The number of anilines is 1. The standard InChI is InChI=1S/C14H20N2O3S2/c1-14(2,12(15)13(18)19)21-8-11(17)16-9-6-4-5-7-10(9)20-3/h4-7,12H,8,15H2,1-3H3,(H,16,17)(H,18,19)/t12-/m0/s1. The molecule has 0 saturated carbocycles. The fourth-order valence-electron chi connectivity index (χ4n) is 1.57. The predicted octanol–water partition coefficient (Wildman–Crippen LogP) is 2.27. The molecule has 1 aromatic carbocycles. The Bertz CT molecular complexity index is 521. The van der Waals surface area contributed by atoms with Gasteiger partial charge in [0, 0.05) is 9.64 Å². The van der Waals surface area contributed by atoms with Crippen LogP contribution in [-0.4, -0.2) is 39.8 Å². The number of carboxylic acids is 1. The summed E-state index contributed by atoms with van der Waals surface area (Å²) in [6.07, 6.45) is 1.94. The van der Waals surface area contributed by atoms with E-state index in [2.05, 4.69) is 5.32 Å². The molecule has 0 heterocycles.